The summed E-state index contributed by atoms with van der Waals surface area (Å²) < 4.78 is 10.7. The van der Waals surface area contributed by atoms with Gasteiger partial charge in [0.25, 0.3) is 0 Å². The molecule has 7 atom stereocenters. The number of aliphatic hydroxyl groups is 1. The molecule has 0 aliphatic carbocycles. The van der Waals surface area contributed by atoms with Crippen LogP contribution in [0.2, 0.25) is 0 Å². The first-order valence-electron chi connectivity index (χ1n) is 12.9. The smallest absolute Gasteiger partial charge is 0.0514 e. The highest BCUT2D eigenvalue weighted by atomic mass is 16.5. The van der Waals surface area contributed by atoms with Crippen LogP contribution in [0.25, 0.3) is 0 Å². The van der Waals surface area contributed by atoms with Gasteiger partial charge >= 0.3 is 0 Å². The fourth-order valence-electron chi connectivity index (χ4n) is 5.56. The molecule has 182 valence electrons. The van der Waals surface area contributed by atoms with Gasteiger partial charge in [0.15, 0.2) is 0 Å². The number of hydrogen-bond donors (Lipinski definition) is 1. The van der Waals surface area contributed by atoms with Gasteiger partial charge in [0.1, 0.15) is 0 Å². The molecule has 0 saturated heterocycles. The minimum Gasteiger partial charge on any atom is -0.393 e. The second-order valence-corrected chi connectivity index (χ2v) is 11.0. The molecule has 0 rings (SSSR count). The van der Waals surface area contributed by atoms with Gasteiger partial charge in [-0.1, -0.05) is 41.5 Å². The zero-order chi connectivity index (χ0) is 22.9. The molecule has 0 bridgehead atoms. The van der Waals surface area contributed by atoms with Crippen LogP contribution >= 0.6 is 0 Å². The molecular formula is C27H56O3. The second-order valence-electron chi connectivity index (χ2n) is 11.0. The van der Waals surface area contributed by atoms with E-state index in [2.05, 4.69) is 41.5 Å². The third-order valence-corrected chi connectivity index (χ3v) is 6.39. The Hall–Kier alpha value is -0.120. The van der Waals surface area contributed by atoms with E-state index in [0.717, 1.165) is 62.3 Å². The van der Waals surface area contributed by atoms with Crippen molar-refractivity contribution in [3.63, 3.8) is 0 Å². The van der Waals surface area contributed by atoms with E-state index in [4.69, 9.17) is 9.47 Å². The molecule has 3 nitrogen and oxygen atoms in total. The average Bonchev–Trinajstić information content (AvgIpc) is 2.59. The van der Waals surface area contributed by atoms with Gasteiger partial charge in [-0.15, -0.1) is 0 Å². The van der Waals surface area contributed by atoms with Gasteiger partial charge in [-0.25, -0.2) is 0 Å². The van der Waals surface area contributed by atoms with E-state index in [9.17, 15) is 5.11 Å². The Balaban J connectivity index is 3.90. The summed E-state index contributed by atoms with van der Waals surface area (Å²) in [5, 5.41) is 9.57. The van der Waals surface area contributed by atoms with Crippen LogP contribution < -0.4 is 0 Å². The molecule has 3 heteroatoms. The monoisotopic (exact) mass is 428 g/mol. The minimum atomic E-state index is -0.165. The molecule has 1 N–H and O–H groups in total. The molecular weight excluding hydrogens is 372 g/mol. The summed E-state index contributed by atoms with van der Waals surface area (Å²) in [4.78, 5) is 0. The number of ether oxygens (including phenoxy) is 2. The van der Waals surface area contributed by atoms with Crippen molar-refractivity contribution in [1.29, 1.82) is 0 Å². The zero-order valence-electron chi connectivity index (χ0n) is 21.8. The molecule has 0 fully saturated rings. The van der Waals surface area contributed by atoms with Gasteiger partial charge in [-0.05, 0) is 100 Å². The minimum absolute atomic E-state index is 0.165. The molecule has 0 aromatic carbocycles. The Kier molecular flexibility index (Phi) is 18.4. The Bertz CT molecular complexity index is 371. The summed E-state index contributed by atoms with van der Waals surface area (Å²) in [6, 6.07) is 0. The van der Waals surface area contributed by atoms with Gasteiger partial charge in [-0.3, -0.25) is 0 Å². The van der Waals surface area contributed by atoms with Crippen molar-refractivity contribution in [2.45, 2.75) is 112 Å². The Morgan fingerprint density at radius 1 is 0.533 bits per heavy atom. The van der Waals surface area contributed by atoms with Crippen LogP contribution in [0.4, 0.5) is 0 Å². The van der Waals surface area contributed by atoms with E-state index in [0.29, 0.717) is 5.92 Å². The van der Waals surface area contributed by atoms with Crippen LogP contribution in [0.5, 0.6) is 0 Å². The Morgan fingerprint density at radius 3 is 1.37 bits per heavy atom. The molecule has 7 unspecified atom stereocenters. The normalized spacial score (nSPS) is 19.1. The number of rotatable bonds is 20. The summed E-state index contributed by atoms with van der Waals surface area (Å²) in [5.74, 6) is 4.61. The van der Waals surface area contributed by atoms with Gasteiger partial charge in [-0.2, -0.15) is 0 Å². The van der Waals surface area contributed by atoms with E-state index in [1.807, 2.05) is 6.92 Å². The van der Waals surface area contributed by atoms with Crippen molar-refractivity contribution in [2.75, 3.05) is 26.9 Å². The standard InChI is InChI=1S/C27H56O3/c1-21(11-9-13-30-14-10-12-29-8)15-22(2)16-23(3)17-24(4)18-25(5)19-26(6)20-27(7)28/h21-28H,9-20H2,1-8H3. The topological polar surface area (TPSA) is 38.7 Å². The van der Waals surface area contributed by atoms with Crippen molar-refractivity contribution in [3.8, 4) is 0 Å². The first kappa shape index (κ1) is 29.9. The Labute approximate surface area is 189 Å². The lowest BCUT2D eigenvalue weighted by atomic mass is 9.81. The maximum absolute atomic E-state index is 9.57. The lowest BCUT2D eigenvalue weighted by Crippen LogP contribution is -2.14. The van der Waals surface area contributed by atoms with Gasteiger partial charge < -0.3 is 14.6 Å². The molecule has 0 aromatic heterocycles. The molecule has 0 heterocycles. The van der Waals surface area contributed by atoms with Crippen molar-refractivity contribution in [1.82, 2.24) is 0 Å². The zero-order valence-corrected chi connectivity index (χ0v) is 21.8. The third-order valence-electron chi connectivity index (χ3n) is 6.39. The quantitative estimate of drug-likeness (QED) is 0.206. The first-order valence-corrected chi connectivity index (χ1v) is 12.9. The van der Waals surface area contributed by atoms with Gasteiger partial charge in [0.2, 0.25) is 0 Å². The second kappa shape index (κ2) is 18.5. The fraction of sp³-hybridized carbons (Fsp3) is 1.00. The number of aliphatic hydroxyl groups excluding tert-OH is 1. The molecule has 0 radical (unpaired) electrons. The highest BCUT2D eigenvalue weighted by Gasteiger charge is 2.18. The lowest BCUT2D eigenvalue weighted by molar-refractivity contribution is 0.0978. The molecule has 0 spiro atoms. The van der Waals surface area contributed by atoms with E-state index < -0.39 is 0 Å². The SMILES string of the molecule is COCCCOCCCC(C)CC(C)CC(C)CC(C)CC(C)CC(C)CC(C)O. The summed E-state index contributed by atoms with van der Waals surface area (Å²) in [7, 11) is 1.74. The summed E-state index contributed by atoms with van der Waals surface area (Å²) in [6.45, 7) is 18.8. The molecule has 0 saturated carbocycles. The van der Waals surface area contributed by atoms with Crippen LogP contribution in [0.1, 0.15) is 106 Å². The van der Waals surface area contributed by atoms with E-state index in [1.54, 1.807) is 7.11 Å². The highest BCUT2D eigenvalue weighted by Crippen LogP contribution is 2.29. The lowest BCUT2D eigenvalue weighted by Gasteiger charge is -2.25. The maximum Gasteiger partial charge on any atom is 0.0514 e. The molecule has 0 aliphatic rings. The first-order chi connectivity index (χ1) is 14.1. The molecule has 30 heavy (non-hydrogen) atoms. The van der Waals surface area contributed by atoms with Crippen LogP contribution in [0.3, 0.4) is 0 Å². The average molecular weight is 429 g/mol. The van der Waals surface area contributed by atoms with Gasteiger partial charge in [0, 0.05) is 26.9 Å². The van der Waals surface area contributed by atoms with Gasteiger partial charge in [0.05, 0.1) is 6.10 Å². The van der Waals surface area contributed by atoms with Crippen LogP contribution in [-0.4, -0.2) is 38.1 Å². The van der Waals surface area contributed by atoms with Crippen molar-refractivity contribution < 1.29 is 14.6 Å². The van der Waals surface area contributed by atoms with Crippen molar-refractivity contribution in [3.05, 3.63) is 0 Å². The fourth-order valence-corrected chi connectivity index (χ4v) is 5.56. The summed E-state index contributed by atoms with van der Waals surface area (Å²) >= 11 is 0. The van der Waals surface area contributed by atoms with Crippen molar-refractivity contribution >= 4 is 0 Å². The molecule has 0 aliphatic heterocycles. The van der Waals surface area contributed by atoms with E-state index in [1.165, 1.54) is 44.9 Å². The van der Waals surface area contributed by atoms with Crippen LogP contribution in [0.15, 0.2) is 0 Å². The molecule has 0 amide bonds. The predicted molar refractivity (Wildman–Crippen MR) is 131 cm³/mol. The van der Waals surface area contributed by atoms with Crippen LogP contribution in [0, 0.1) is 35.5 Å². The third kappa shape index (κ3) is 18.6. The van der Waals surface area contributed by atoms with E-state index in [-0.39, 0.29) is 6.10 Å². The van der Waals surface area contributed by atoms with Crippen molar-refractivity contribution in [2.24, 2.45) is 35.5 Å². The number of methoxy groups -OCH3 is 1. The number of hydrogen-bond acceptors (Lipinski definition) is 3. The summed E-state index contributed by atoms with van der Waals surface area (Å²) in [6.07, 6.45) is 10.8. The highest BCUT2D eigenvalue weighted by molar-refractivity contribution is 4.69. The van der Waals surface area contributed by atoms with E-state index >= 15 is 0 Å². The predicted octanol–water partition coefficient (Wildman–Crippen LogP) is 7.36. The summed E-state index contributed by atoms with van der Waals surface area (Å²) in [5.41, 5.74) is 0. The maximum atomic E-state index is 9.57. The Morgan fingerprint density at radius 2 is 0.933 bits per heavy atom. The largest absolute Gasteiger partial charge is 0.393 e. The molecule has 0 aromatic rings. The van der Waals surface area contributed by atoms with Crippen LogP contribution in [-0.2, 0) is 9.47 Å².